The van der Waals surface area contributed by atoms with Crippen molar-refractivity contribution < 1.29 is 0 Å². The molecule has 2 atom stereocenters. The van der Waals surface area contributed by atoms with E-state index < -0.39 is 0 Å². The van der Waals surface area contributed by atoms with Crippen LogP contribution < -0.4 is 5.32 Å². The fraction of sp³-hybridized carbons (Fsp3) is 0.647. The number of piperidine rings is 1. The number of hydrogen-bond donors (Lipinski definition) is 1. The van der Waals surface area contributed by atoms with E-state index in [0.717, 1.165) is 13.1 Å². The first-order valence-corrected chi connectivity index (χ1v) is 7.37. The molecule has 2 rings (SSSR count). The zero-order valence-electron chi connectivity index (χ0n) is 13.0. The van der Waals surface area contributed by atoms with E-state index >= 15 is 0 Å². The van der Waals surface area contributed by atoms with Gasteiger partial charge in [0.2, 0.25) is 0 Å². The molecule has 2 nitrogen and oxygen atoms in total. The van der Waals surface area contributed by atoms with Crippen molar-refractivity contribution in [3.05, 3.63) is 35.4 Å². The molecule has 2 heteroatoms. The maximum atomic E-state index is 3.54. The summed E-state index contributed by atoms with van der Waals surface area (Å²) in [5, 5.41) is 3.54. The third-order valence-electron chi connectivity index (χ3n) is 4.31. The summed E-state index contributed by atoms with van der Waals surface area (Å²) in [6.07, 6.45) is 1.23. The van der Waals surface area contributed by atoms with Crippen molar-refractivity contribution in [1.82, 2.24) is 10.2 Å². The highest BCUT2D eigenvalue weighted by molar-refractivity contribution is 5.31. The van der Waals surface area contributed by atoms with Crippen molar-refractivity contribution in [2.45, 2.75) is 44.6 Å². The average molecular weight is 260 g/mol. The Bertz CT molecular complexity index is 400. The van der Waals surface area contributed by atoms with Crippen LogP contribution in [0.2, 0.25) is 0 Å². The highest BCUT2D eigenvalue weighted by atomic mass is 15.1. The zero-order valence-corrected chi connectivity index (χ0v) is 13.0. The SMILES string of the molecule is CN(C)C1CCNCC1c1ccc(C(C)(C)C)cc1. The second kappa shape index (κ2) is 5.64. The van der Waals surface area contributed by atoms with Gasteiger partial charge in [-0.05, 0) is 43.6 Å². The number of rotatable bonds is 2. The normalized spacial score (nSPS) is 24.7. The molecule has 1 saturated heterocycles. The van der Waals surface area contributed by atoms with Crippen molar-refractivity contribution in [1.29, 1.82) is 0 Å². The molecule has 2 unspecified atom stereocenters. The first kappa shape index (κ1) is 14.5. The molecule has 1 aliphatic heterocycles. The van der Waals surface area contributed by atoms with E-state index in [-0.39, 0.29) is 5.41 Å². The van der Waals surface area contributed by atoms with Crippen LogP contribution in [0.3, 0.4) is 0 Å². The van der Waals surface area contributed by atoms with Gasteiger partial charge < -0.3 is 10.2 Å². The molecule has 1 N–H and O–H groups in total. The molecule has 19 heavy (non-hydrogen) atoms. The Kier molecular flexibility index (Phi) is 4.32. The third kappa shape index (κ3) is 3.37. The summed E-state index contributed by atoms with van der Waals surface area (Å²) in [4.78, 5) is 2.38. The van der Waals surface area contributed by atoms with Gasteiger partial charge in [-0.3, -0.25) is 0 Å². The second-order valence-electron chi connectivity index (χ2n) is 7.00. The standard InChI is InChI=1S/C17H28N2/c1-17(2,3)14-8-6-13(7-9-14)15-12-18-11-10-16(15)19(4)5/h6-9,15-16,18H,10-12H2,1-5H3. The molecule has 106 valence electrons. The molecular weight excluding hydrogens is 232 g/mol. The van der Waals surface area contributed by atoms with Crippen LogP contribution in [-0.4, -0.2) is 38.1 Å². The van der Waals surface area contributed by atoms with Gasteiger partial charge in [0.1, 0.15) is 0 Å². The Balaban J connectivity index is 2.20. The minimum Gasteiger partial charge on any atom is -0.316 e. The second-order valence-corrected chi connectivity index (χ2v) is 7.00. The molecule has 0 aliphatic carbocycles. The van der Waals surface area contributed by atoms with E-state index in [1.165, 1.54) is 17.5 Å². The summed E-state index contributed by atoms with van der Waals surface area (Å²) in [7, 11) is 4.40. The lowest BCUT2D eigenvalue weighted by atomic mass is 9.82. The van der Waals surface area contributed by atoms with Gasteiger partial charge in [0.25, 0.3) is 0 Å². The topological polar surface area (TPSA) is 15.3 Å². The molecule has 0 aromatic heterocycles. The fourth-order valence-corrected chi connectivity index (χ4v) is 3.03. The molecule has 0 amide bonds. The van der Waals surface area contributed by atoms with E-state index in [0.29, 0.717) is 12.0 Å². The lowest BCUT2D eigenvalue weighted by Crippen LogP contribution is -2.45. The lowest BCUT2D eigenvalue weighted by Gasteiger charge is -2.37. The molecule has 0 radical (unpaired) electrons. The van der Waals surface area contributed by atoms with Gasteiger partial charge in [-0.25, -0.2) is 0 Å². The van der Waals surface area contributed by atoms with Crippen molar-refractivity contribution >= 4 is 0 Å². The molecule has 0 bridgehead atoms. The van der Waals surface area contributed by atoms with Gasteiger partial charge in [0.05, 0.1) is 0 Å². The number of likely N-dealkylation sites (N-methyl/N-ethyl adjacent to an activating group) is 1. The molecule has 1 fully saturated rings. The summed E-state index contributed by atoms with van der Waals surface area (Å²) < 4.78 is 0. The van der Waals surface area contributed by atoms with E-state index in [2.05, 4.69) is 69.3 Å². The van der Waals surface area contributed by atoms with Crippen LogP contribution in [0, 0.1) is 0 Å². The van der Waals surface area contributed by atoms with E-state index in [1.54, 1.807) is 0 Å². The first-order chi connectivity index (χ1) is 8.89. The Hall–Kier alpha value is -0.860. The molecule has 1 aliphatic rings. The summed E-state index contributed by atoms with van der Waals surface area (Å²) >= 11 is 0. The highest BCUT2D eigenvalue weighted by Gasteiger charge is 2.28. The maximum absolute atomic E-state index is 3.54. The lowest BCUT2D eigenvalue weighted by molar-refractivity contribution is 0.209. The minimum atomic E-state index is 0.240. The van der Waals surface area contributed by atoms with Crippen LogP contribution in [0.1, 0.15) is 44.2 Å². The van der Waals surface area contributed by atoms with Gasteiger partial charge >= 0.3 is 0 Å². The Labute approximate surface area is 118 Å². The van der Waals surface area contributed by atoms with Crippen LogP contribution in [-0.2, 0) is 5.41 Å². The maximum Gasteiger partial charge on any atom is 0.0182 e. The number of nitrogens with one attached hydrogen (secondary N) is 1. The van der Waals surface area contributed by atoms with Crippen LogP contribution >= 0.6 is 0 Å². The summed E-state index contributed by atoms with van der Waals surface area (Å²) in [6, 6.07) is 9.92. The van der Waals surface area contributed by atoms with Gasteiger partial charge in [-0.2, -0.15) is 0 Å². The van der Waals surface area contributed by atoms with E-state index in [4.69, 9.17) is 0 Å². The molecular formula is C17H28N2. The van der Waals surface area contributed by atoms with Crippen LogP contribution in [0.15, 0.2) is 24.3 Å². The predicted octanol–water partition coefficient (Wildman–Crippen LogP) is 2.99. The molecule has 1 heterocycles. The molecule has 1 aromatic carbocycles. The van der Waals surface area contributed by atoms with Crippen molar-refractivity contribution in [2.75, 3.05) is 27.2 Å². The van der Waals surface area contributed by atoms with E-state index in [1.807, 2.05) is 0 Å². The van der Waals surface area contributed by atoms with Crippen molar-refractivity contribution in [3.63, 3.8) is 0 Å². The Morgan fingerprint density at radius 3 is 2.26 bits per heavy atom. The number of nitrogens with zero attached hydrogens (tertiary/aromatic N) is 1. The smallest absolute Gasteiger partial charge is 0.0182 e. The quantitative estimate of drug-likeness (QED) is 0.879. The van der Waals surface area contributed by atoms with Gasteiger partial charge in [-0.1, -0.05) is 45.0 Å². The van der Waals surface area contributed by atoms with Gasteiger partial charge in [-0.15, -0.1) is 0 Å². The minimum absolute atomic E-state index is 0.240. The van der Waals surface area contributed by atoms with Crippen molar-refractivity contribution in [2.24, 2.45) is 0 Å². The Morgan fingerprint density at radius 2 is 1.74 bits per heavy atom. The summed E-state index contributed by atoms with van der Waals surface area (Å²) in [5.74, 6) is 0.609. The average Bonchev–Trinajstić information content (AvgIpc) is 2.38. The fourth-order valence-electron chi connectivity index (χ4n) is 3.03. The molecule has 0 spiro atoms. The van der Waals surface area contributed by atoms with E-state index in [9.17, 15) is 0 Å². The van der Waals surface area contributed by atoms with Crippen molar-refractivity contribution in [3.8, 4) is 0 Å². The highest BCUT2D eigenvalue weighted by Crippen LogP contribution is 2.29. The van der Waals surface area contributed by atoms with Gasteiger partial charge in [0, 0.05) is 18.5 Å². The predicted molar refractivity (Wildman–Crippen MR) is 82.8 cm³/mol. The summed E-state index contributed by atoms with van der Waals surface area (Å²) in [6.45, 7) is 9.05. The first-order valence-electron chi connectivity index (χ1n) is 7.37. The third-order valence-corrected chi connectivity index (χ3v) is 4.31. The monoisotopic (exact) mass is 260 g/mol. The van der Waals surface area contributed by atoms with Crippen LogP contribution in [0.25, 0.3) is 0 Å². The Morgan fingerprint density at radius 1 is 1.11 bits per heavy atom. The van der Waals surface area contributed by atoms with Crippen LogP contribution in [0.5, 0.6) is 0 Å². The molecule has 0 saturated carbocycles. The number of benzene rings is 1. The summed E-state index contributed by atoms with van der Waals surface area (Å²) in [5.41, 5.74) is 3.13. The largest absolute Gasteiger partial charge is 0.316 e. The zero-order chi connectivity index (χ0) is 14.0. The van der Waals surface area contributed by atoms with Crippen LogP contribution in [0.4, 0.5) is 0 Å². The van der Waals surface area contributed by atoms with Gasteiger partial charge in [0.15, 0.2) is 0 Å². The molecule has 1 aromatic rings. The number of hydrogen-bond acceptors (Lipinski definition) is 2.